The predicted octanol–water partition coefficient (Wildman–Crippen LogP) is 3.49. The molecule has 0 aliphatic heterocycles. The molecule has 1 aromatic heterocycles. The Labute approximate surface area is 116 Å². The Morgan fingerprint density at radius 1 is 1.32 bits per heavy atom. The summed E-state index contributed by atoms with van der Waals surface area (Å²) in [5, 5.41) is 3.38. The van der Waals surface area contributed by atoms with Crippen molar-refractivity contribution in [3.8, 4) is 5.75 Å². The minimum absolute atomic E-state index is 0.123. The number of aromatic nitrogens is 1. The number of benzene rings is 1. The van der Waals surface area contributed by atoms with Crippen molar-refractivity contribution in [2.75, 3.05) is 5.32 Å². The van der Waals surface area contributed by atoms with Gasteiger partial charge in [0.1, 0.15) is 5.75 Å². The molecule has 0 aliphatic rings. The molecule has 0 saturated heterocycles. The second-order valence-corrected chi connectivity index (χ2v) is 5.66. The van der Waals surface area contributed by atoms with Gasteiger partial charge in [0, 0.05) is 16.6 Å². The van der Waals surface area contributed by atoms with Gasteiger partial charge in [0.25, 0.3) is 5.91 Å². The fourth-order valence-corrected chi connectivity index (χ4v) is 2.20. The number of nitrogens with one attached hydrogen (secondary N) is 1. The van der Waals surface area contributed by atoms with Crippen LogP contribution in [-0.2, 0) is 0 Å². The Bertz CT molecular complexity index is 561. The van der Waals surface area contributed by atoms with Gasteiger partial charge in [0.05, 0.1) is 6.10 Å². The summed E-state index contributed by atoms with van der Waals surface area (Å²) in [7, 11) is 0. The fourth-order valence-electron chi connectivity index (χ4n) is 1.54. The Hall–Kier alpha value is -1.88. The average molecular weight is 276 g/mol. The lowest BCUT2D eigenvalue weighted by molar-refractivity contribution is 0.102. The molecule has 2 aromatic rings. The topological polar surface area (TPSA) is 51.2 Å². The lowest BCUT2D eigenvalue weighted by atomic mass is 10.2. The highest BCUT2D eigenvalue weighted by Crippen LogP contribution is 2.18. The van der Waals surface area contributed by atoms with Crippen molar-refractivity contribution < 1.29 is 9.53 Å². The van der Waals surface area contributed by atoms with Crippen LogP contribution in [0.3, 0.4) is 0 Å². The molecule has 1 heterocycles. The van der Waals surface area contributed by atoms with E-state index in [2.05, 4.69) is 10.3 Å². The number of carbonyl (C=O) groups excluding carboxylic acids is 1. The van der Waals surface area contributed by atoms with Gasteiger partial charge in [-0.15, -0.1) is 11.3 Å². The van der Waals surface area contributed by atoms with Crippen LogP contribution in [-0.4, -0.2) is 17.0 Å². The number of nitrogens with zero attached hydrogens (tertiary/aromatic N) is 1. The largest absolute Gasteiger partial charge is 0.491 e. The Morgan fingerprint density at radius 3 is 2.53 bits per heavy atom. The van der Waals surface area contributed by atoms with Gasteiger partial charge in [-0.3, -0.25) is 10.1 Å². The van der Waals surface area contributed by atoms with Crippen LogP contribution in [0.2, 0.25) is 0 Å². The van der Waals surface area contributed by atoms with Crippen LogP contribution in [0.5, 0.6) is 5.75 Å². The standard InChI is InChI=1S/C14H16N2O2S/c1-9(2)18-12-6-4-11(5-7-12)13(17)16-14-15-8-10(3)19-14/h4-9H,1-3H3,(H,15,16,17). The van der Waals surface area contributed by atoms with Gasteiger partial charge in [0.2, 0.25) is 0 Å². The second kappa shape index (κ2) is 5.84. The van der Waals surface area contributed by atoms with Crippen LogP contribution in [0.4, 0.5) is 5.13 Å². The van der Waals surface area contributed by atoms with E-state index in [0.717, 1.165) is 10.6 Å². The molecular weight excluding hydrogens is 260 g/mol. The minimum Gasteiger partial charge on any atom is -0.491 e. The van der Waals surface area contributed by atoms with E-state index in [4.69, 9.17) is 4.74 Å². The first-order valence-corrected chi connectivity index (χ1v) is 6.87. The molecule has 1 amide bonds. The monoisotopic (exact) mass is 276 g/mol. The van der Waals surface area contributed by atoms with Gasteiger partial charge >= 0.3 is 0 Å². The molecule has 5 heteroatoms. The lowest BCUT2D eigenvalue weighted by Gasteiger charge is -2.09. The Kier molecular flexibility index (Phi) is 4.16. The third-order valence-electron chi connectivity index (χ3n) is 2.33. The molecule has 0 spiro atoms. The van der Waals surface area contributed by atoms with E-state index in [1.165, 1.54) is 11.3 Å². The number of rotatable bonds is 4. The van der Waals surface area contributed by atoms with Gasteiger partial charge in [-0.1, -0.05) is 0 Å². The summed E-state index contributed by atoms with van der Waals surface area (Å²) >= 11 is 1.45. The van der Waals surface area contributed by atoms with Crippen molar-refractivity contribution in [2.24, 2.45) is 0 Å². The van der Waals surface area contributed by atoms with Crippen LogP contribution < -0.4 is 10.1 Å². The van der Waals surface area contributed by atoms with Crippen molar-refractivity contribution >= 4 is 22.4 Å². The van der Waals surface area contributed by atoms with Gasteiger partial charge in [-0.05, 0) is 45.0 Å². The number of aryl methyl sites for hydroxylation is 1. The number of hydrogen-bond donors (Lipinski definition) is 1. The number of hydrogen-bond acceptors (Lipinski definition) is 4. The van der Waals surface area contributed by atoms with E-state index in [9.17, 15) is 4.79 Å². The molecule has 2 rings (SSSR count). The summed E-state index contributed by atoms with van der Waals surface area (Å²) in [6, 6.07) is 7.07. The summed E-state index contributed by atoms with van der Waals surface area (Å²) in [4.78, 5) is 17.1. The van der Waals surface area contributed by atoms with Crippen LogP contribution >= 0.6 is 11.3 Å². The van der Waals surface area contributed by atoms with E-state index in [1.54, 1.807) is 30.5 Å². The van der Waals surface area contributed by atoms with Crippen molar-refractivity contribution in [3.05, 3.63) is 40.9 Å². The van der Waals surface area contributed by atoms with Crippen LogP contribution in [0, 0.1) is 6.92 Å². The average Bonchev–Trinajstić information content (AvgIpc) is 2.75. The molecule has 0 saturated carbocycles. The molecule has 0 radical (unpaired) electrons. The predicted molar refractivity (Wildman–Crippen MR) is 77.0 cm³/mol. The van der Waals surface area contributed by atoms with E-state index < -0.39 is 0 Å². The van der Waals surface area contributed by atoms with E-state index in [1.807, 2.05) is 20.8 Å². The summed E-state index contributed by atoms with van der Waals surface area (Å²) in [6.45, 7) is 5.88. The summed E-state index contributed by atoms with van der Waals surface area (Å²) in [5.74, 6) is 0.599. The normalized spacial score (nSPS) is 10.5. The first-order chi connectivity index (χ1) is 9.04. The SMILES string of the molecule is Cc1cnc(NC(=O)c2ccc(OC(C)C)cc2)s1. The molecule has 0 fully saturated rings. The first-order valence-electron chi connectivity index (χ1n) is 6.05. The Balaban J connectivity index is 2.03. The van der Waals surface area contributed by atoms with Crippen molar-refractivity contribution in [1.29, 1.82) is 0 Å². The van der Waals surface area contributed by atoms with Crippen LogP contribution in [0.25, 0.3) is 0 Å². The molecule has 0 bridgehead atoms. The van der Waals surface area contributed by atoms with Crippen LogP contribution in [0.1, 0.15) is 29.1 Å². The van der Waals surface area contributed by atoms with Gasteiger partial charge < -0.3 is 4.74 Å². The number of anilines is 1. The first kappa shape index (κ1) is 13.5. The quantitative estimate of drug-likeness (QED) is 0.930. The zero-order valence-corrected chi connectivity index (χ0v) is 12.0. The third kappa shape index (κ3) is 3.79. The molecule has 4 nitrogen and oxygen atoms in total. The van der Waals surface area contributed by atoms with Crippen molar-refractivity contribution in [3.63, 3.8) is 0 Å². The summed E-state index contributed by atoms with van der Waals surface area (Å²) in [6.07, 6.45) is 1.86. The molecule has 0 aliphatic carbocycles. The zero-order chi connectivity index (χ0) is 13.8. The fraction of sp³-hybridized carbons (Fsp3) is 0.286. The summed E-state index contributed by atoms with van der Waals surface area (Å²) < 4.78 is 5.53. The highest BCUT2D eigenvalue weighted by Gasteiger charge is 2.08. The molecular formula is C14H16N2O2S. The highest BCUT2D eigenvalue weighted by atomic mass is 32.1. The van der Waals surface area contributed by atoms with Gasteiger partial charge in [-0.25, -0.2) is 4.98 Å². The van der Waals surface area contributed by atoms with Crippen molar-refractivity contribution in [2.45, 2.75) is 26.9 Å². The molecule has 100 valence electrons. The van der Waals surface area contributed by atoms with Crippen LogP contribution in [0.15, 0.2) is 30.5 Å². The third-order valence-corrected chi connectivity index (χ3v) is 3.16. The van der Waals surface area contributed by atoms with Gasteiger partial charge in [0.15, 0.2) is 5.13 Å². The number of thiazole rings is 1. The molecule has 1 aromatic carbocycles. The molecule has 0 atom stereocenters. The number of ether oxygens (including phenoxy) is 1. The van der Waals surface area contributed by atoms with Gasteiger partial charge in [-0.2, -0.15) is 0 Å². The maximum absolute atomic E-state index is 12.0. The molecule has 0 unspecified atom stereocenters. The molecule has 19 heavy (non-hydrogen) atoms. The molecule has 1 N–H and O–H groups in total. The minimum atomic E-state index is -0.162. The van der Waals surface area contributed by atoms with E-state index in [0.29, 0.717) is 10.7 Å². The summed E-state index contributed by atoms with van der Waals surface area (Å²) in [5.41, 5.74) is 0.587. The van der Waals surface area contributed by atoms with E-state index in [-0.39, 0.29) is 12.0 Å². The maximum atomic E-state index is 12.0. The van der Waals surface area contributed by atoms with E-state index >= 15 is 0 Å². The smallest absolute Gasteiger partial charge is 0.257 e. The lowest BCUT2D eigenvalue weighted by Crippen LogP contribution is -2.11. The maximum Gasteiger partial charge on any atom is 0.257 e. The zero-order valence-electron chi connectivity index (χ0n) is 11.1. The highest BCUT2D eigenvalue weighted by molar-refractivity contribution is 7.15. The number of carbonyl (C=O) groups is 1. The van der Waals surface area contributed by atoms with Crippen molar-refractivity contribution in [1.82, 2.24) is 4.98 Å². The number of amides is 1. The second-order valence-electron chi connectivity index (χ2n) is 4.42. The Morgan fingerprint density at radius 2 is 2.00 bits per heavy atom.